The number of nitrogens with zero attached hydrogens (tertiary/aromatic N) is 1. The van der Waals surface area contributed by atoms with Crippen molar-refractivity contribution in [1.82, 2.24) is 0 Å². The highest BCUT2D eigenvalue weighted by molar-refractivity contribution is 5.63. The van der Waals surface area contributed by atoms with Gasteiger partial charge in [-0.2, -0.15) is 0 Å². The molecule has 0 amide bonds. The van der Waals surface area contributed by atoms with E-state index >= 15 is 0 Å². The van der Waals surface area contributed by atoms with Crippen molar-refractivity contribution < 1.29 is 14.4 Å². The second-order valence-corrected chi connectivity index (χ2v) is 4.90. The van der Waals surface area contributed by atoms with E-state index in [9.17, 15) is 19.6 Å². The lowest BCUT2D eigenvalue weighted by molar-refractivity contribution is -0.384. The number of benzene rings is 2. The van der Waals surface area contributed by atoms with Crippen LogP contribution in [0.3, 0.4) is 0 Å². The van der Waals surface area contributed by atoms with Gasteiger partial charge >= 0.3 is 0 Å². The first-order valence-electron chi connectivity index (χ1n) is 6.35. The van der Waals surface area contributed by atoms with E-state index in [1.807, 2.05) is 6.07 Å². The third-order valence-electron chi connectivity index (χ3n) is 3.29. The topological polar surface area (TPSA) is 75.4 Å². The number of aliphatic hydroxyl groups excluding tert-OH is 1. The van der Waals surface area contributed by atoms with Crippen LogP contribution in [0.1, 0.15) is 12.5 Å². The number of nitro groups is 1. The van der Waals surface area contributed by atoms with Gasteiger partial charge in [0.1, 0.15) is 11.5 Å². The summed E-state index contributed by atoms with van der Waals surface area (Å²) in [5, 5.41) is 23.6. The normalized spacial score (nSPS) is 13.5. The van der Waals surface area contributed by atoms with Gasteiger partial charge in [0.05, 0.1) is 17.1 Å². The van der Waals surface area contributed by atoms with Gasteiger partial charge in [0, 0.05) is 12.1 Å². The summed E-state index contributed by atoms with van der Waals surface area (Å²) in [5.41, 5.74) is -0.432. The number of aliphatic hydroxyl groups is 1. The van der Waals surface area contributed by atoms with Crippen molar-refractivity contribution in [2.45, 2.75) is 12.5 Å². The van der Waals surface area contributed by atoms with Crippen molar-refractivity contribution in [2.24, 2.45) is 0 Å². The molecule has 0 saturated heterocycles. The summed E-state index contributed by atoms with van der Waals surface area (Å²) in [4.78, 5) is 10.4. The summed E-state index contributed by atoms with van der Waals surface area (Å²) in [5.74, 6) is -0.587. The minimum absolute atomic E-state index is 0.0282. The highest BCUT2D eigenvalue weighted by Crippen LogP contribution is 2.32. The lowest BCUT2D eigenvalue weighted by Gasteiger charge is -2.30. The monoisotopic (exact) mass is 290 g/mol. The minimum Gasteiger partial charge on any atom is -0.394 e. The first-order valence-corrected chi connectivity index (χ1v) is 6.35. The van der Waals surface area contributed by atoms with Crippen molar-refractivity contribution in [1.29, 1.82) is 0 Å². The first kappa shape index (κ1) is 14.9. The summed E-state index contributed by atoms with van der Waals surface area (Å²) < 4.78 is 13.4. The van der Waals surface area contributed by atoms with Crippen LogP contribution >= 0.6 is 0 Å². The van der Waals surface area contributed by atoms with Gasteiger partial charge in [-0.1, -0.05) is 30.3 Å². The smallest absolute Gasteiger partial charge is 0.292 e. The van der Waals surface area contributed by atoms with E-state index in [1.165, 1.54) is 0 Å². The second-order valence-electron chi connectivity index (χ2n) is 4.90. The second kappa shape index (κ2) is 5.88. The molecule has 0 aliphatic carbocycles. The third-order valence-corrected chi connectivity index (χ3v) is 3.29. The van der Waals surface area contributed by atoms with Crippen LogP contribution in [0.15, 0.2) is 48.5 Å². The van der Waals surface area contributed by atoms with Gasteiger partial charge in [-0.05, 0) is 18.6 Å². The number of nitrogens with one attached hydrogen (secondary N) is 1. The van der Waals surface area contributed by atoms with Crippen molar-refractivity contribution in [3.8, 4) is 0 Å². The Morgan fingerprint density at radius 1 is 1.29 bits per heavy atom. The maximum atomic E-state index is 13.4. The Morgan fingerprint density at radius 2 is 1.95 bits per heavy atom. The Morgan fingerprint density at radius 3 is 2.52 bits per heavy atom. The van der Waals surface area contributed by atoms with E-state index in [2.05, 4.69) is 5.32 Å². The molecule has 2 N–H and O–H groups in total. The molecule has 5 nitrogen and oxygen atoms in total. The summed E-state index contributed by atoms with van der Waals surface area (Å²) in [6.45, 7) is 1.39. The molecular formula is C15H15FN2O3. The van der Waals surface area contributed by atoms with Gasteiger partial charge in [-0.3, -0.25) is 10.1 Å². The Kier molecular flexibility index (Phi) is 4.18. The fourth-order valence-electron chi connectivity index (χ4n) is 2.07. The summed E-state index contributed by atoms with van der Waals surface area (Å²) in [7, 11) is 0. The predicted molar refractivity (Wildman–Crippen MR) is 77.6 cm³/mol. The van der Waals surface area contributed by atoms with Crippen LogP contribution in [0.2, 0.25) is 0 Å². The molecule has 2 aromatic carbocycles. The standard InChI is InChI=1S/C15H15FN2O3/c1-15(10-19,11-5-3-2-4-6-11)17-13-9-12(16)7-8-14(13)18(20)21/h2-9,17,19H,10H2,1H3. The summed E-state index contributed by atoms with van der Waals surface area (Å²) in [6.07, 6.45) is 0. The lowest BCUT2D eigenvalue weighted by Crippen LogP contribution is -2.36. The van der Waals surface area contributed by atoms with Crippen LogP contribution in [0.4, 0.5) is 15.8 Å². The third kappa shape index (κ3) is 3.17. The van der Waals surface area contributed by atoms with Crippen LogP contribution in [0, 0.1) is 15.9 Å². The van der Waals surface area contributed by atoms with Crippen molar-refractivity contribution in [3.05, 3.63) is 70.0 Å². The quantitative estimate of drug-likeness (QED) is 0.655. The molecule has 0 saturated carbocycles. The first-order chi connectivity index (χ1) is 9.96. The largest absolute Gasteiger partial charge is 0.394 e. The van der Waals surface area contributed by atoms with E-state index < -0.39 is 16.3 Å². The number of halogens is 1. The van der Waals surface area contributed by atoms with Gasteiger partial charge in [-0.15, -0.1) is 0 Å². The Balaban J connectivity index is 2.44. The molecule has 0 aliphatic heterocycles. The average molecular weight is 290 g/mol. The number of nitro benzene ring substituents is 1. The molecule has 1 unspecified atom stereocenters. The van der Waals surface area contributed by atoms with Gasteiger partial charge in [0.15, 0.2) is 0 Å². The lowest BCUT2D eigenvalue weighted by atomic mass is 9.92. The van der Waals surface area contributed by atoms with E-state index in [0.29, 0.717) is 0 Å². The molecule has 2 rings (SSSR count). The Hall–Kier alpha value is -2.47. The highest BCUT2D eigenvalue weighted by atomic mass is 19.1. The summed E-state index contributed by atoms with van der Waals surface area (Å²) >= 11 is 0. The molecule has 0 bridgehead atoms. The molecule has 0 spiro atoms. The van der Waals surface area contributed by atoms with Crippen LogP contribution in [0.5, 0.6) is 0 Å². The van der Waals surface area contributed by atoms with Gasteiger partial charge < -0.3 is 10.4 Å². The van der Waals surface area contributed by atoms with Crippen molar-refractivity contribution >= 4 is 11.4 Å². The summed E-state index contributed by atoms with van der Waals surface area (Å²) in [6, 6.07) is 12.2. The van der Waals surface area contributed by atoms with E-state index in [4.69, 9.17) is 0 Å². The number of rotatable bonds is 5. The molecule has 6 heteroatoms. The molecule has 0 heterocycles. The molecule has 0 fully saturated rings. The Labute approximate surface area is 121 Å². The van der Waals surface area contributed by atoms with E-state index in [0.717, 1.165) is 23.8 Å². The van der Waals surface area contributed by atoms with Crippen molar-refractivity contribution in [2.75, 3.05) is 11.9 Å². The molecule has 110 valence electrons. The molecule has 0 aromatic heterocycles. The Bertz CT molecular complexity index is 649. The fourth-order valence-corrected chi connectivity index (χ4v) is 2.07. The highest BCUT2D eigenvalue weighted by Gasteiger charge is 2.28. The van der Waals surface area contributed by atoms with Gasteiger partial charge in [0.2, 0.25) is 0 Å². The molecule has 21 heavy (non-hydrogen) atoms. The van der Waals surface area contributed by atoms with Crippen molar-refractivity contribution in [3.63, 3.8) is 0 Å². The van der Waals surface area contributed by atoms with Crippen LogP contribution in [-0.4, -0.2) is 16.6 Å². The van der Waals surface area contributed by atoms with Crippen LogP contribution < -0.4 is 5.32 Å². The SMILES string of the molecule is CC(CO)(Nc1cc(F)ccc1[N+](=O)[O-])c1ccccc1. The van der Waals surface area contributed by atoms with Gasteiger partial charge in [0.25, 0.3) is 5.69 Å². The van der Waals surface area contributed by atoms with E-state index in [1.54, 1.807) is 31.2 Å². The minimum atomic E-state index is -0.959. The van der Waals surface area contributed by atoms with Crippen LogP contribution in [-0.2, 0) is 5.54 Å². The number of anilines is 1. The maximum Gasteiger partial charge on any atom is 0.292 e. The number of hydrogen-bond acceptors (Lipinski definition) is 4. The fraction of sp³-hybridized carbons (Fsp3) is 0.200. The zero-order valence-electron chi connectivity index (χ0n) is 11.4. The number of hydrogen-bond donors (Lipinski definition) is 2. The van der Waals surface area contributed by atoms with Crippen LogP contribution in [0.25, 0.3) is 0 Å². The average Bonchev–Trinajstić information content (AvgIpc) is 2.47. The van der Waals surface area contributed by atoms with Gasteiger partial charge in [-0.25, -0.2) is 4.39 Å². The zero-order chi connectivity index (χ0) is 15.5. The van der Waals surface area contributed by atoms with E-state index in [-0.39, 0.29) is 18.0 Å². The molecule has 1 atom stereocenters. The molecular weight excluding hydrogens is 275 g/mol. The molecule has 0 radical (unpaired) electrons. The molecule has 2 aromatic rings. The maximum absolute atomic E-state index is 13.4. The molecule has 0 aliphatic rings. The zero-order valence-corrected chi connectivity index (χ0v) is 11.4. The predicted octanol–water partition coefficient (Wildman–Crippen LogP) is 3.05.